The van der Waals surface area contributed by atoms with Crippen molar-refractivity contribution in [3.63, 3.8) is 0 Å². The Balaban J connectivity index is 1.81. The molecule has 2 aromatic rings. The number of carbonyl (C=O) groups is 1. The van der Waals surface area contributed by atoms with Crippen molar-refractivity contribution in [3.05, 3.63) is 64.7 Å². The standard InChI is InChI=1S/C16H17ClN2O3S/c17-14-6-1-13(2-7-14)11-19-16(20)10-5-12-3-8-15(9-4-12)23(18,21)22/h1-4,6-9H,5,10-11H2,(H,19,20)(H2,18,21,22). The van der Waals surface area contributed by atoms with Crippen LogP contribution in [0.25, 0.3) is 0 Å². The van der Waals surface area contributed by atoms with E-state index < -0.39 is 10.0 Å². The van der Waals surface area contributed by atoms with E-state index in [1.54, 1.807) is 24.3 Å². The lowest BCUT2D eigenvalue weighted by molar-refractivity contribution is -0.121. The van der Waals surface area contributed by atoms with Gasteiger partial charge in [-0.2, -0.15) is 0 Å². The molecule has 0 aliphatic rings. The Morgan fingerprint density at radius 2 is 1.57 bits per heavy atom. The van der Waals surface area contributed by atoms with Gasteiger partial charge in [0.05, 0.1) is 4.90 Å². The molecule has 0 spiro atoms. The van der Waals surface area contributed by atoms with Crippen LogP contribution in [0.3, 0.4) is 0 Å². The molecule has 5 nitrogen and oxygen atoms in total. The Hall–Kier alpha value is -1.89. The van der Waals surface area contributed by atoms with Gasteiger partial charge in [-0.3, -0.25) is 4.79 Å². The van der Waals surface area contributed by atoms with Crippen LogP contribution in [-0.4, -0.2) is 14.3 Å². The second kappa shape index (κ2) is 7.59. The van der Waals surface area contributed by atoms with Crippen LogP contribution in [0.1, 0.15) is 17.5 Å². The van der Waals surface area contributed by atoms with E-state index in [0.29, 0.717) is 24.4 Å². The summed E-state index contributed by atoms with van der Waals surface area (Å²) in [5, 5.41) is 8.51. The first-order chi connectivity index (χ1) is 10.8. The van der Waals surface area contributed by atoms with Gasteiger partial charge in [-0.05, 0) is 41.8 Å². The number of aryl methyl sites for hydroxylation is 1. The lowest BCUT2D eigenvalue weighted by Gasteiger charge is -2.06. The van der Waals surface area contributed by atoms with Gasteiger partial charge in [0.2, 0.25) is 15.9 Å². The fourth-order valence-electron chi connectivity index (χ4n) is 1.99. The molecule has 2 aromatic carbocycles. The van der Waals surface area contributed by atoms with Crippen LogP contribution in [0.5, 0.6) is 0 Å². The molecule has 1 amide bonds. The van der Waals surface area contributed by atoms with Crippen molar-refractivity contribution in [2.45, 2.75) is 24.3 Å². The number of halogens is 1. The first-order valence-electron chi connectivity index (χ1n) is 6.97. The second-order valence-corrected chi connectivity index (χ2v) is 7.09. The van der Waals surface area contributed by atoms with Gasteiger partial charge in [-0.15, -0.1) is 0 Å². The molecule has 0 fully saturated rings. The number of benzene rings is 2. The van der Waals surface area contributed by atoms with Crippen molar-refractivity contribution in [1.82, 2.24) is 5.32 Å². The summed E-state index contributed by atoms with van der Waals surface area (Å²) in [5.74, 6) is -0.0736. The van der Waals surface area contributed by atoms with E-state index >= 15 is 0 Å². The van der Waals surface area contributed by atoms with E-state index in [9.17, 15) is 13.2 Å². The molecule has 2 rings (SSSR count). The molecule has 7 heteroatoms. The molecule has 0 radical (unpaired) electrons. The van der Waals surface area contributed by atoms with Crippen molar-refractivity contribution in [3.8, 4) is 0 Å². The predicted molar refractivity (Wildman–Crippen MR) is 89.4 cm³/mol. The SMILES string of the molecule is NS(=O)(=O)c1ccc(CCC(=O)NCc2ccc(Cl)cc2)cc1. The number of hydrogen-bond acceptors (Lipinski definition) is 3. The second-order valence-electron chi connectivity index (χ2n) is 5.09. The largest absolute Gasteiger partial charge is 0.352 e. The maximum absolute atomic E-state index is 11.8. The predicted octanol–water partition coefficient (Wildman–Crippen LogP) is 2.24. The minimum Gasteiger partial charge on any atom is -0.352 e. The Kier molecular flexibility index (Phi) is 5.76. The molecular weight excluding hydrogens is 336 g/mol. The van der Waals surface area contributed by atoms with E-state index in [1.165, 1.54) is 12.1 Å². The number of nitrogens with two attached hydrogens (primary N) is 1. The fourth-order valence-corrected chi connectivity index (χ4v) is 2.64. The van der Waals surface area contributed by atoms with Gasteiger partial charge in [-0.25, -0.2) is 13.6 Å². The third-order valence-corrected chi connectivity index (χ3v) is 4.48. The van der Waals surface area contributed by atoms with E-state index in [4.69, 9.17) is 16.7 Å². The highest BCUT2D eigenvalue weighted by atomic mass is 35.5. The zero-order valence-electron chi connectivity index (χ0n) is 12.3. The highest BCUT2D eigenvalue weighted by Gasteiger charge is 2.07. The van der Waals surface area contributed by atoms with Gasteiger partial charge >= 0.3 is 0 Å². The van der Waals surface area contributed by atoms with E-state index in [-0.39, 0.29) is 10.8 Å². The van der Waals surface area contributed by atoms with Crippen molar-refractivity contribution >= 4 is 27.5 Å². The summed E-state index contributed by atoms with van der Waals surface area (Å²) in [6.07, 6.45) is 0.847. The number of primary sulfonamides is 1. The number of rotatable bonds is 6. The molecule has 0 saturated heterocycles. The summed E-state index contributed by atoms with van der Waals surface area (Å²) in [4.78, 5) is 11.9. The molecule has 0 atom stereocenters. The van der Waals surface area contributed by atoms with Crippen LogP contribution in [0.4, 0.5) is 0 Å². The Morgan fingerprint density at radius 3 is 2.13 bits per heavy atom. The molecule has 0 aliphatic heterocycles. The van der Waals surface area contributed by atoms with Crippen LogP contribution in [0.2, 0.25) is 5.02 Å². The van der Waals surface area contributed by atoms with Crippen LogP contribution in [-0.2, 0) is 27.8 Å². The van der Waals surface area contributed by atoms with Gasteiger partial charge in [0, 0.05) is 18.0 Å². The molecular formula is C16H17ClN2O3S. The van der Waals surface area contributed by atoms with Crippen molar-refractivity contribution in [2.24, 2.45) is 5.14 Å². The monoisotopic (exact) mass is 352 g/mol. The summed E-state index contributed by atoms with van der Waals surface area (Å²) < 4.78 is 22.3. The number of carbonyl (C=O) groups excluding carboxylic acids is 1. The number of amides is 1. The molecule has 23 heavy (non-hydrogen) atoms. The molecule has 0 aliphatic carbocycles. The topological polar surface area (TPSA) is 89.3 Å². The number of hydrogen-bond donors (Lipinski definition) is 2. The highest BCUT2D eigenvalue weighted by Crippen LogP contribution is 2.11. The fraction of sp³-hybridized carbons (Fsp3) is 0.188. The normalized spacial score (nSPS) is 11.2. The molecule has 0 aromatic heterocycles. The summed E-state index contributed by atoms with van der Waals surface area (Å²) in [6.45, 7) is 0.445. The maximum Gasteiger partial charge on any atom is 0.238 e. The highest BCUT2D eigenvalue weighted by molar-refractivity contribution is 7.89. The Bertz CT molecular complexity index is 772. The smallest absolute Gasteiger partial charge is 0.238 e. The molecule has 0 unspecified atom stereocenters. The van der Waals surface area contributed by atoms with Crippen molar-refractivity contribution in [1.29, 1.82) is 0 Å². The van der Waals surface area contributed by atoms with Crippen molar-refractivity contribution in [2.75, 3.05) is 0 Å². The van der Waals surface area contributed by atoms with E-state index in [2.05, 4.69) is 5.32 Å². The van der Waals surface area contributed by atoms with Gasteiger partial charge < -0.3 is 5.32 Å². The average Bonchev–Trinajstić information content (AvgIpc) is 2.52. The summed E-state index contributed by atoms with van der Waals surface area (Å²) >= 11 is 5.80. The lowest BCUT2D eigenvalue weighted by atomic mass is 10.1. The van der Waals surface area contributed by atoms with E-state index in [1.807, 2.05) is 12.1 Å². The van der Waals surface area contributed by atoms with Crippen LogP contribution < -0.4 is 10.5 Å². The van der Waals surface area contributed by atoms with Gasteiger partial charge in [0.15, 0.2) is 0 Å². The van der Waals surface area contributed by atoms with Gasteiger partial charge in [-0.1, -0.05) is 35.9 Å². The summed E-state index contributed by atoms with van der Waals surface area (Å²) in [5.41, 5.74) is 1.85. The molecule has 122 valence electrons. The minimum absolute atomic E-state index is 0.0634. The number of sulfonamides is 1. The zero-order chi connectivity index (χ0) is 16.9. The van der Waals surface area contributed by atoms with Crippen molar-refractivity contribution < 1.29 is 13.2 Å². The molecule has 3 N–H and O–H groups in total. The van der Waals surface area contributed by atoms with Crippen LogP contribution >= 0.6 is 11.6 Å². The van der Waals surface area contributed by atoms with Gasteiger partial charge in [0.25, 0.3) is 0 Å². The Morgan fingerprint density at radius 1 is 1.00 bits per heavy atom. The summed E-state index contributed by atoms with van der Waals surface area (Å²) in [7, 11) is -3.68. The number of nitrogens with one attached hydrogen (secondary N) is 1. The van der Waals surface area contributed by atoms with Crippen LogP contribution in [0, 0.1) is 0 Å². The van der Waals surface area contributed by atoms with Gasteiger partial charge in [0.1, 0.15) is 0 Å². The third kappa shape index (κ3) is 5.67. The van der Waals surface area contributed by atoms with E-state index in [0.717, 1.165) is 11.1 Å². The Labute approximate surface area is 140 Å². The molecule has 0 saturated carbocycles. The summed E-state index contributed by atoms with van der Waals surface area (Å²) in [6, 6.07) is 13.5. The molecule has 0 heterocycles. The minimum atomic E-state index is -3.68. The lowest BCUT2D eigenvalue weighted by Crippen LogP contribution is -2.22. The first kappa shape index (κ1) is 17.5. The first-order valence-corrected chi connectivity index (χ1v) is 8.90. The maximum atomic E-state index is 11.8. The zero-order valence-corrected chi connectivity index (χ0v) is 13.9. The average molecular weight is 353 g/mol. The quantitative estimate of drug-likeness (QED) is 0.835. The molecule has 0 bridgehead atoms. The third-order valence-electron chi connectivity index (χ3n) is 3.30. The van der Waals surface area contributed by atoms with Crippen LogP contribution in [0.15, 0.2) is 53.4 Å².